The summed E-state index contributed by atoms with van der Waals surface area (Å²) >= 11 is 5.50. The number of hydrogen-bond donors (Lipinski definition) is 0. The molecule has 2 nitrogen and oxygen atoms in total. The number of halogens is 1. The second-order valence-electron chi connectivity index (χ2n) is 3.57. The van der Waals surface area contributed by atoms with Gasteiger partial charge in [-0.05, 0) is 36.4 Å². The minimum Gasteiger partial charge on any atom is -0.487 e. The van der Waals surface area contributed by atoms with Gasteiger partial charge in [0.1, 0.15) is 12.4 Å². The number of rotatable bonds is 3. The summed E-state index contributed by atoms with van der Waals surface area (Å²) in [5, 5.41) is 0. The van der Waals surface area contributed by atoms with E-state index in [1.165, 1.54) is 0 Å². The molecule has 0 spiro atoms. The van der Waals surface area contributed by atoms with Gasteiger partial charge < -0.3 is 4.74 Å². The van der Waals surface area contributed by atoms with Gasteiger partial charge >= 0.3 is 0 Å². The Labute approximate surface area is 112 Å². The maximum absolute atomic E-state index is 5.61. The van der Waals surface area contributed by atoms with E-state index in [2.05, 4.69) is 16.8 Å². The quantitative estimate of drug-likeness (QED) is 0.622. The summed E-state index contributed by atoms with van der Waals surface area (Å²) in [4.78, 5) is 4.19. The van der Waals surface area contributed by atoms with Gasteiger partial charge in [0.25, 0.3) is 0 Å². The van der Waals surface area contributed by atoms with Crippen molar-refractivity contribution in [3.8, 4) is 17.6 Å². The summed E-state index contributed by atoms with van der Waals surface area (Å²) < 4.78 is 5.61. The van der Waals surface area contributed by atoms with Crippen molar-refractivity contribution in [1.29, 1.82) is 0 Å². The van der Waals surface area contributed by atoms with Crippen molar-refractivity contribution in [2.24, 2.45) is 0 Å². The van der Waals surface area contributed by atoms with E-state index in [1.54, 1.807) is 6.20 Å². The normalized spacial score (nSPS) is 9.39. The lowest BCUT2D eigenvalue weighted by Gasteiger charge is -2.05. The van der Waals surface area contributed by atoms with E-state index in [0.717, 1.165) is 17.0 Å². The highest BCUT2D eigenvalue weighted by molar-refractivity contribution is 6.19. The lowest BCUT2D eigenvalue weighted by Crippen LogP contribution is -1.97. The molecular weight excluding hydrogens is 246 g/mol. The molecule has 0 aliphatic heterocycles. The Kier molecular flexibility index (Phi) is 4.63. The molecule has 0 aliphatic carbocycles. The van der Waals surface area contributed by atoms with Crippen molar-refractivity contribution in [2.75, 3.05) is 5.88 Å². The maximum atomic E-state index is 5.61. The molecule has 0 amide bonds. The SMILES string of the molecule is ClCC#Cc1ccc(OCc2ccccn2)cc1. The van der Waals surface area contributed by atoms with Gasteiger partial charge in [0, 0.05) is 11.8 Å². The zero-order valence-electron chi connectivity index (χ0n) is 9.77. The maximum Gasteiger partial charge on any atom is 0.130 e. The number of hydrogen-bond acceptors (Lipinski definition) is 2. The molecule has 0 saturated carbocycles. The third-order valence-electron chi connectivity index (χ3n) is 2.27. The number of pyridine rings is 1. The summed E-state index contributed by atoms with van der Waals surface area (Å²) in [6.45, 7) is 0.466. The lowest BCUT2D eigenvalue weighted by molar-refractivity contribution is 0.301. The third-order valence-corrected chi connectivity index (χ3v) is 2.40. The van der Waals surface area contributed by atoms with Crippen molar-refractivity contribution in [2.45, 2.75) is 6.61 Å². The van der Waals surface area contributed by atoms with Crippen LogP contribution in [0.25, 0.3) is 0 Å². The first-order valence-corrected chi connectivity index (χ1v) is 6.09. The Morgan fingerprint density at radius 2 is 1.94 bits per heavy atom. The molecule has 1 heterocycles. The van der Waals surface area contributed by atoms with Crippen LogP contribution in [0.3, 0.4) is 0 Å². The fraction of sp³-hybridized carbons (Fsp3) is 0.133. The van der Waals surface area contributed by atoms with E-state index in [9.17, 15) is 0 Å². The summed E-state index contributed by atoms with van der Waals surface area (Å²) in [6, 6.07) is 13.4. The number of ether oxygens (including phenoxy) is 1. The predicted molar refractivity (Wildman–Crippen MR) is 72.6 cm³/mol. The molecule has 90 valence electrons. The molecule has 3 heteroatoms. The van der Waals surface area contributed by atoms with Gasteiger partial charge in [-0.2, -0.15) is 0 Å². The van der Waals surface area contributed by atoms with Gasteiger partial charge in [0.05, 0.1) is 11.6 Å². The molecule has 0 N–H and O–H groups in total. The highest BCUT2D eigenvalue weighted by atomic mass is 35.5. The zero-order valence-corrected chi connectivity index (χ0v) is 10.5. The zero-order chi connectivity index (χ0) is 12.6. The molecule has 0 fully saturated rings. The van der Waals surface area contributed by atoms with Crippen LogP contribution in [0.15, 0.2) is 48.7 Å². The van der Waals surface area contributed by atoms with E-state index in [4.69, 9.17) is 16.3 Å². The second-order valence-corrected chi connectivity index (χ2v) is 3.84. The highest BCUT2D eigenvalue weighted by Crippen LogP contribution is 2.13. The van der Waals surface area contributed by atoms with E-state index in [1.807, 2.05) is 42.5 Å². The lowest BCUT2D eigenvalue weighted by atomic mass is 10.2. The first-order chi connectivity index (χ1) is 8.88. The number of nitrogens with zero attached hydrogens (tertiary/aromatic N) is 1. The molecule has 0 bridgehead atoms. The van der Waals surface area contributed by atoms with Gasteiger partial charge in [0.2, 0.25) is 0 Å². The molecule has 0 saturated heterocycles. The molecule has 2 rings (SSSR count). The van der Waals surface area contributed by atoms with Crippen LogP contribution in [-0.2, 0) is 6.61 Å². The molecule has 2 aromatic rings. The molecular formula is C15H12ClNO. The van der Waals surface area contributed by atoms with Crippen molar-refractivity contribution >= 4 is 11.6 Å². The molecule has 0 radical (unpaired) electrons. The summed E-state index contributed by atoms with van der Waals surface area (Å²) in [7, 11) is 0. The van der Waals surface area contributed by atoms with Gasteiger partial charge in [-0.1, -0.05) is 17.9 Å². The van der Waals surface area contributed by atoms with Crippen LogP contribution in [0, 0.1) is 11.8 Å². The van der Waals surface area contributed by atoms with Crippen molar-refractivity contribution < 1.29 is 4.74 Å². The minimum atomic E-state index is 0.345. The predicted octanol–water partition coefficient (Wildman–Crippen LogP) is 3.25. The van der Waals surface area contributed by atoms with E-state index < -0.39 is 0 Å². The Hall–Kier alpha value is -1.98. The van der Waals surface area contributed by atoms with Gasteiger partial charge in [-0.25, -0.2) is 0 Å². The Balaban J connectivity index is 1.94. The Bertz CT molecular complexity index is 540. The smallest absolute Gasteiger partial charge is 0.130 e. The van der Waals surface area contributed by atoms with E-state index in [-0.39, 0.29) is 0 Å². The first kappa shape index (κ1) is 12.5. The first-order valence-electron chi connectivity index (χ1n) is 5.56. The fourth-order valence-corrected chi connectivity index (χ4v) is 1.48. The van der Waals surface area contributed by atoms with Crippen LogP contribution < -0.4 is 4.74 Å². The van der Waals surface area contributed by atoms with Crippen LogP contribution in [0.5, 0.6) is 5.75 Å². The van der Waals surface area contributed by atoms with E-state index >= 15 is 0 Å². The third kappa shape index (κ3) is 3.80. The van der Waals surface area contributed by atoms with Crippen LogP contribution in [-0.4, -0.2) is 10.9 Å². The van der Waals surface area contributed by atoms with Gasteiger partial charge in [-0.3, -0.25) is 4.98 Å². The van der Waals surface area contributed by atoms with Crippen LogP contribution in [0.1, 0.15) is 11.3 Å². The van der Waals surface area contributed by atoms with Gasteiger partial charge in [-0.15, -0.1) is 11.6 Å². The highest BCUT2D eigenvalue weighted by Gasteiger charge is 1.96. The average Bonchev–Trinajstić information content (AvgIpc) is 2.45. The topological polar surface area (TPSA) is 22.1 Å². The van der Waals surface area contributed by atoms with Crippen molar-refractivity contribution in [3.63, 3.8) is 0 Å². The molecule has 0 unspecified atom stereocenters. The number of aromatic nitrogens is 1. The van der Waals surface area contributed by atoms with Crippen LogP contribution in [0.2, 0.25) is 0 Å². The largest absolute Gasteiger partial charge is 0.487 e. The second kappa shape index (κ2) is 6.68. The van der Waals surface area contributed by atoms with Crippen LogP contribution in [0.4, 0.5) is 0 Å². The summed E-state index contributed by atoms with van der Waals surface area (Å²) in [6.07, 6.45) is 1.75. The monoisotopic (exact) mass is 257 g/mol. The standard InChI is InChI=1S/C15H12ClNO/c16-10-3-4-13-6-8-15(9-7-13)18-12-14-5-1-2-11-17-14/h1-2,5-9,11H,10,12H2. The number of alkyl halides is 1. The van der Waals surface area contributed by atoms with Crippen LogP contribution >= 0.6 is 11.6 Å². The average molecular weight is 258 g/mol. The molecule has 18 heavy (non-hydrogen) atoms. The Morgan fingerprint density at radius 3 is 2.61 bits per heavy atom. The molecule has 1 aromatic carbocycles. The minimum absolute atomic E-state index is 0.345. The molecule has 0 aliphatic rings. The van der Waals surface area contributed by atoms with Crippen molar-refractivity contribution in [1.82, 2.24) is 4.98 Å². The summed E-state index contributed by atoms with van der Waals surface area (Å²) in [5.41, 5.74) is 1.84. The van der Waals surface area contributed by atoms with Crippen molar-refractivity contribution in [3.05, 3.63) is 59.9 Å². The summed E-state index contributed by atoms with van der Waals surface area (Å²) in [5.74, 6) is 6.90. The molecule has 0 atom stereocenters. The van der Waals surface area contributed by atoms with E-state index in [0.29, 0.717) is 12.5 Å². The molecule has 1 aromatic heterocycles. The van der Waals surface area contributed by atoms with Gasteiger partial charge in [0.15, 0.2) is 0 Å². The Morgan fingerprint density at radius 1 is 1.11 bits per heavy atom. The fourth-order valence-electron chi connectivity index (χ4n) is 1.41. The number of benzene rings is 1.